The molecule has 29 heavy (non-hydrogen) atoms. The molecule has 3 N–H and O–H groups in total. The first-order valence-corrected chi connectivity index (χ1v) is 9.31. The summed E-state index contributed by atoms with van der Waals surface area (Å²) in [6.45, 7) is 2.04. The minimum atomic E-state index is -4.69. The summed E-state index contributed by atoms with van der Waals surface area (Å²) in [5.74, 6) is 0.583. The molecule has 3 heterocycles. The summed E-state index contributed by atoms with van der Waals surface area (Å²) < 4.78 is 40.9. The van der Waals surface area contributed by atoms with E-state index in [9.17, 15) is 13.2 Å². The molecule has 4 rings (SSSR count). The van der Waals surface area contributed by atoms with Crippen molar-refractivity contribution in [3.63, 3.8) is 0 Å². The number of halogens is 3. The smallest absolute Gasteiger partial charge is 0.406 e. The molecule has 0 aliphatic carbocycles. The highest BCUT2D eigenvalue weighted by atomic mass is 19.4. The second-order valence-corrected chi connectivity index (χ2v) is 7.36. The van der Waals surface area contributed by atoms with E-state index in [1.165, 1.54) is 18.5 Å². The Labute approximate surface area is 165 Å². The first-order chi connectivity index (χ1) is 13.9. The van der Waals surface area contributed by atoms with Gasteiger partial charge < -0.3 is 20.4 Å². The van der Waals surface area contributed by atoms with E-state index in [1.807, 2.05) is 0 Å². The van der Waals surface area contributed by atoms with Crippen molar-refractivity contribution in [2.24, 2.45) is 11.1 Å². The van der Waals surface area contributed by atoms with Crippen molar-refractivity contribution >= 4 is 17.0 Å². The number of hydrogen-bond donors (Lipinski definition) is 2. The second kappa shape index (κ2) is 7.51. The van der Waals surface area contributed by atoms with Gasteiger partial charge in [0.05, 0.1) is 6.33 Å². The van der Waals surface area contributed by atoms with Crippen LogP contribution in [0.1, 0.15) is 18.4 Å². The number of fused-ring (bicyclic) bond motifs is 1. The second-order valence-electron chi connectivity index (χ2n) is 7.36. The van der Waals surface area contributed by atoms with Crippen molar-refractivity contribution < 1.29 is 17.9 Å². The monoisotopic (exact) mass is 406 g/mol. The quantitative estimate of drug-likeness (QED) is 0.677. The van der Waals surface area contributed by atoms with Gasteiger partial charge in [0.2, 0.25) is 0 Å². The fourth-order valence-corrected chi connectivity index (χ4v) is 3.87. The van der Waals surface area contributed by atoms with Gasteiger partial charge in [-0.15, -0.1) is 13.2 Å². The van der Waals surface area contributed by atoms with Gasteiger partial charge in [-0.3, -0.25) is 0 Å². The Morgan fingerprint density at radius 3 is 2.48 bits per heavy atom. The molecule has 1 aliphatic rings. The Bertz CT molecular complexity index is 964. The molecule has 0 saturated carbocycles. The van der Waals surface area contributed by atoms with Gasteiger partial charge in [-0.2, -0.15) is 0 Å². The van der Waals surface area contributed by atoms with E-state index < -0.39 is 6.36 Å². The number of benzene rings is 1. The van der Waals surface area contributed by atoms with Gasteiger partial charge in [0, 0.05) is 13.1 Å². The molecule has 0 unspecified atom stereocenters. The average molecular weight is 406 g/mol. The van der Waals surface area contributed by atoms with Crippen molar-refractivity contribution in [2.75, 3.05) is 24.5 Å². The van der Waals surface area contributed by atoms with Crippen LogP contribution in [-0.4, -0.2) is 45.9 Å². The van der Waals surface area contributed by atoms with Gasteiger partial charge in [-0.1, -0.05) is 12.1 Å². The molecule has 0 radical (unpaired) electrons. The topological polar surface area (TPSA) is 93.0 Å². The van der Waals surface area contributed by atoms with Crippen LogP contribution in [0, 0.1) is 5.41 Å². The van der Waals surface area contributed by atoms with Gasteiger partial charge in [0.15, 0.2) is 11.5 Å². The molecule has 1 fully saturated rings. The highest BCUT2D eigenvalue weighted by Crippen LogP contribution is 2.37. The lowest BCUT2D eigenvalue weighted by Gasteiger charge is -2.42. The van der Waals surface area contributed by atoms with Crippen molar-refractivity contribution in [1.82, 2.24) is 19.9 Å². The summed E-state index contributed by atoms with van der Waals surface area (Å²) in [6.07, 6.45) is 0.827. The summed E-state index contributed by atoms with van der Waals surface area (Å²) in [5.41, 5.74) is 8.40. The Balaban J connectivity index is 1.44. The standard InChI is InChI=1S/C19H21F3N6O/c20-19(21,22)29-14-3-1-13(2-4-14)9-18(10-23)5-7-28(8-6-18)17-15-16(25-11-24-15)26-12-27-17/h1-4,11-12H,5-10,23H2,(H,24,25,26,27). The molecular formula is C19H21F3N6O. The number of anilines is 1. The third-order valence-electron chi connectivity index (χ3n) is 5.49. The van der Waals surface area contributed by atoms with Crippen LogP contribution in [0.15, 0.2) is 36.9 Å². The summed E-state index contributed by atoms with van der Waals surface area (Å²) in [5, 5.41) is 0. The van der Waals surface area contributed by atoms with Crippen LogP contribution < -0.4 is 15.4 Å². The first-order valence-electron chi connectivity index (χ1n) is 9.31. The lowest BCUT2D eigenvalue weighted by Crippen LogP contribution is -2.45. The molecule has 0 atom stereocenters. The third kappa shape index (κ3) is 4.26. The van der Waals surface area contributed by atoms with E-state index in [1.54, 1.807) is 18.5 Å². The number of hydrogen-bond acceptors (Lipinski definition) is 6. The lowest BCUT2D eigenvalue weighted by molar-refractivity contribution is -0.274. The maximum atomic E-state index is 12.3. The number of nitrogens with zero attached hydrogens (tertiary/aromatic N) is 4. The number of aromatic nitrogens is 4. The fraction of sp³-hybridized carbons (Fsp3) is 0.421. The van der Waals surface area contributed by atoms with Gasteiger partial charge in [0.25, 0.3) is 0 Å². The predicted octanol–water partition coefficient (Wildman–Crippen LogP) is 3.04. The maximum Gasteiger partial charge on any atom is 0.573 e. The number of piperidine rings is 1. The SMILES string of the molecule is NCC1(Cc2ccc(OC(F)(F)F)cc2)CCN(c2ncnc3[nH]cnc23)CC1. The average Bonchev–Trinajstić information content (AvgIpc) is 3.18. The van der Waals surface area contributed by atoms with Crippen LogP contribution >= 0.6 is 0 Å². The minimum absolute atomic E-state index is 0.110. The Kier molecular flexibility index (Phi) is 5.03. The van der Waals surface area contributed by atoms with E-state index >= 15 is 0 Å². The van der Waals surface area contributed by atoms with Crippen LogP contribution in [0.2, 0.25) is 0 Å². The van der Waals surface area contributed by atoms with Crippen molar-refractivity contribution in [1.29, 1.82) is 0 Å². The zero-order valence-electron chi connectivity index (χ0n) is 15.6. The molecule has 0 spiro atoms. The first kappa shape index (κ1) is 19.4. The molecule has 1 saturated heterocycles. The molecule has 2 aromatic heterocycles. The largest absolute Gasteiger partial charge is 0.573 e. The number of H-pyrrole nitrogens is 1. The molecule has 154 valence electrons. The molecule has 3 aromatic rings. The van der Waals surface area contributed by atoms with E-state index in [2.05, 4.69) is 29.6 Å². The predicted molar refractivity (Wildman–Crippen MR) is 101 cm³/mol. The Morgan fingerprint density at radius 2 is 1.83 bits per heavy atom. The van der Waals surface area contributed by atoms with Crippen LogP contribution in [-0.2, 0) is 6.42 Å². The summed E-state index contributed by atoms with van der Waals surface area (Å²) in [7, 11) is 0. The number of rotatable bonds is 5. The number of alkyl halides is 3. The van der Waals surface area contributed by atoms with Gasteiger partial charge >= 0.3 is 6.36 Å². The Morgan fingerprint density at radius 1 is 1.10 bits per heavy atom. The summed E-state index contributed by atoms with van der Waals surface area (Å²) in [4.78, 5) is 18.0. The normalized spacial score (nSPS) is 16.9. The number of ether oxygens (including phenoxy) is 1. The molecular weight excluding hydrogens is 385 g/mol. The van der Waals surface area contributed by atoms with E-state index in [0.29, 0.717) is 18.6 Å². The highest BCUT2D eigenvalue weighted by molar-refractivity contribution is 5.82. The number of nitrogens with two attached hydrogens (primary N) is 1. The summed E-state index contributed by atoms with van der Waals surface area (Å²) >= 11 is 0. The van der Waals surface area contributed by atoms with Crippen LogP contribution in [0.25, 0.3) is 11.2 Å². The van der Waals surface area contributed by atoms with Crippen molar-refractivity contribution in [2.45, 2.75) is 25.6 Å². The number of aromatic amines is 1. The van der Waals surface area contributed by atoms with Crippen molar-refractivity contribution in [3.05, 3.63) is 42.5 Å². The van der Waals surface area contributed by atoms with E-state index in [-0.39, 0.29) is 11.2 Å². The Hall–Kier alpha value is -2.88. The van der Waals surface area contributed by atoms with E-state index in [4.69, 9.17) is 5.73 Å². The maximum absolute atomic E-state index is 12.3. The minimum Gasteiger partial charge on any atom is -0.406 e. The number of nitrogens with one attached hydrogen (secondary N) is 1. The fourth-order valence-electron chi connectivity index (χ4n) is 3.87. The van der Waals surface area contributed by atoms with Crippen LogP contribution in [0.4, 0.5) is 19.0 Å². The molecule has 0 amide bonds. The molecule has 10 heteroatoms. The molecule has 0 bridgehead atoms. The van der Waals surface area contributed by atoms with Crippen LogP contribution in [0.3, 0.4) is 0 Å². The number of imidazole rings is 1. The van der Waals surface area contributed by atoms with E-state index in [0.717, 1.165) is 42.8 Å². The van der Waals surface area contributed by atoms with Crippen LogP contribution in [0.5, 0.6) is 5.75 Å². The lowest BCUT2D eigenvalue weighted by atomic mass is 9.74. The van der Waals surface area contributed by atoms with Crippen molar-refractivity contribution in [3.8, 4) is 5.75 Å². The molecule has 1 aliphatic heterocycles. The highest BCUT2D eigenvalue weighted by Gasteiger charge is 2.35. The summed E-state index contributed by atoms with van der Waals surface area (Å²) in [6, 6.07) is 6.03. The molecule has 7 nitrogen and oxygen atoms in total. The zero-order chi connectivity index (χ0) is 20.5. The van der Waals surface area contributed by atoms with Gasteiger partial charge in [-0.05, 0) is 48.9 Å². The molecule has 1 aromatic carbocycles. The third-order valence-corrected chi connectivity index (χ3v) is 5.49. The zero-order valence-corrected chi connectivity index (χ0v) is 15.6. The van der Waals surface area contributed by atoms with Gasteiger partial charge in [-0.25, -0.2) is 15.0 Å². The van der Waals surface area contributed by atoms with Gasteiger partial charge in [0.1, 0.15) is 17.6 Å².